The zero-order chi connectivity index (χ0) is 15.1. The third-order valence-corrected chi connectivity index (χ3v) is 3.71. The van der Waals surface area contributed by atoms with E-state index in [4.69, 9.17) is 9.47 Å². The summed E-state index contributed by atoms with van der Waals surface area (Å²) >= 11 is 1.31. The minimum atomic E-state index is 0.0175. The quantitative estimate of drug-likeness (QED) is 0.537. The smallest absolute Gasteiger partial charge is 0.209 e. The van der Waals surface area contributed by atoms with E-state index in [2.05, 4.69) is 15.5 Å². The minimum absolute atomic E-state index is 0.0175. The molecule has 2 rings (SSSR count). The van der Waals surface area contributed by atoms with Crippen LogP contribution in [0.25, 0.3) is 0 Å². The molecule has 0 fully saturated rings. The van der Waals surface area contributed by atoms with Gasteiger partial charge in [-0.3, -0.25) is 4.79 Å². The summed E-state index contributed by atoms with van der Waals surface area (Å²) in [5.74, 6) is 1.02. The van der Waals surface area contributed by atoms with Gasteiger partial charge in [0.15, 0.2) is 5.78 Å². The molecule has 2 aromatic rings. The fourth-order valence-electron chi connectivity index (χ4n) is 1.61. The van der Waals surface area contributed by atoms with Crippen molar-refractivity contribution in [3.8, 4) is 5.75 Å². The summed E-state index contributed by atoms with van der Waals surface area (Å²) < 4.78 is 11.7. The first-order valence-electron chi connectivity index (χ1n) is 6.29. The molecule has 1 aromatic carbocycles. The highest BCUT2D eigenvalue weighted by Crippen LogP contribution is 2.17. The Morgan fingerprint density at radius 1 is 1.29 bits per heavy atom. The maximum atomic E-state index is 12.1. The van der Waals surface area contributed by atoms with Crippen LogP contribution in [0.15, 0.2) is 29.4 Å². The molecule has 1 aromatic heterocycles. The molecule has 112 valence electrons. The van der Waals surface area contributed by atoms with Gasteiger partial charge in [-0.05, 0) is 34.7 Å². The van der Waals surface area contributed by atoms with Crippen LogP contribution in [0.3, 0.4) is 0 Å². The molecule has 21 heavy (non-hydrogen) atoms. The van der Waals surface area contributed by atoms with Gasteiger partial charge in [0, 0.05) is 12.7 Å². The molecule has 7 nitrogen and oxygen atoms in total. The molecule has 1 heterocycles. The predicted molar refractivity (Wildman–Crippen MR) is 77.7 cm³/mol. The highest BCUT2D eigenvalue weighted by molar-refractivity contribution is 7.99. The zero-order valence-corrected chi connectivity index (χ0v) is 12.7. The number of methoxy groups -OCH3 is 2. The molecule has 0 N–H and O–H groups in total. The average Bonchev–Trinajstić information content (AvgIpc) is 2.98. The number of hydrogen-bond donors (Lipinski definition) is 0. The average molecular weight is 308 g/mol. The van der Waals surface area contributed by atoms with Crippen LogP contribution in [0.1, 0.15) is 10.4 Å². The van der Waals surface area contributed by atoms with Gasteiger partial charge in [0.2, 0.25) is 5.16 Å². The Bertz CT molecular complexity index is 585. The molecule has 0 saturated carbocycles. The first kappa shape index (κ1) is 15.5. The lowest BCUT2D eigenvalue weighted by Gasteiger charge is -2.04. The van der Waals surface area contributed by atoms with E-state index in [0.717, 1.165) is 5.75 Å². The Balaban J connectivity index is 1.92. The van der Waals surface area contributed by atoms with Crippen molar-refractivity contribution in [1.82, 2.24) is 20.2 Å². The fraction of sp³-hybridized carbons (Fsp3) is 0.385. The third-order valence-electron chi connectivity index (χ3n) is 2.75. The van der Waals surface area contributed by atoms with Crippen LogP contribution in [0, 0.1) is 0 Å². The number of tetrazole rings is 1. The van der Waals surface area contributed by atoms with Gasteiger partial charge in [0.25, 0.3) is 0 Å². The molecule has 0 aliphatic carbocycles. The van der Waals surface area contributed by atoms with Crippen molar-refractivity contribution in [3.63, 3.8) is 0 Å². The summed E-state index contributed by atoms with van der Waals surface area (Å²) in [7, 11) is 3.21. The summed E-state index contributed by atoms with van der Waals surface area (Å²) in [6.07, 6.45) is 0. The number of ether oxygens (including phenoxy) is 2. The minimum Gasteiger partial charge on any atom is -0.497 e. The molecular weight excluding hydrogens is 292 g/mol. The van der Waals surface area contributed by atoms with Gasteiger partial charge in [-0.25, -0.2) is 4.68 Å². The first-order valence-corrected chi connectivity index (χ1v) is 7.28. The largest absolute Gasteiger partial charge is 0.497 e. The maximum Gasteiger partial charge on any atom is 0.209 e. The molecule has 0 bridgehead atoms. The number of carbonyl (C=O) groups excluding carboxylic acids is 1. The van der Waals surface area contributed by atoms with Crippen molar-refractivity contribution in [1.29, 1.82) is 0 Å². The van der Waals surface area contributed by atoms with Crippen molar-refractivity contribution in [3.05, 3.63) is 29.8 Å². The van der Waals surface area contributed by atoms with Crippen LogP contribution in [0.2, 0.25) is 0 Å². The molecule has 0 aliphatic heterocycles. The Hall–Kier alpha value is -1.93. The number of benzene rings is 1. The van der Waals surface area contributed by atoms with Crippen molar-refractivity contribution >= 4 is 17.5 Å². The van der Waals surface area contributed by atoms with Crippen LogP contribution in [-0.4, -0.2) is 52.6 Å². The Morgan fingerprint density at radius 3 is 2.71 bits per heavy atom. The maximum absolute atomic E-state index is 12.1. The first-order chi connectivity index (χ1) is 10.2. The summed E-state index contributed by atoms with van der Waals surface area (Å²) in [6, 6.07) is 7.02. The number of aromatic nitrogens is 4. The Labute approximate surface area is 126 Å². The fourth-order valence-corrected chi connectivity index (χ4v) is 2.41. The van der Waals surface area contributed by atoms with Gasteiger partial charge in [0.05, 0.1) is 26.0 Å². The highest BCUT2D eigenvalue weighted by Gasteiger charge is 2.11. The van der Waals surface area contributed by atoms with Gasteiger partial charge >= 0.3 is 0 Å². The van der Waals surface area contributed by atoms with E-state index in [9.17, 15) is 4.79 Å². The number of nitrogens with zero attached hydrogens (tertiary/aromatic N) is 4. The topological polar surface area (TPSA) is 79.1 Å². The highest BCUT2D eigenvalue weighted by atomic mass is 32.2. The molecular formula is C13H16N4O3S. The van der Waals surface area contributed by atoms with Crippen LogP contribution in [0.4, 0.5) is 0 Å². The number of thioether (sulfide) groups is 1. The summed E-state index contributed by atoms with van der Waals surface area (Å²) in [5.41, 5.74) is 0.638. The molecule has 0 saturated heterocycles. The monoisotopic (exact) mass is 308 g/mol. The molecule has 0 atom stereocenters. The van der Waals surface area contributed by atoms with Crippen LogP contribution >= 0.6 is 11.8 Å². The number of rotatable bonds is 8. The number of Topliss-reactive ketones (excluding diaryl/α,β-unsaturated/α-hetero) is 1. The molecule has 0 aliphatic rings. The van der Waals surface area contributed by atoms with Crippen LogP contribution in [0.5, 0.6) is 5.75 Å². The Morgan fingerprint density at radius 2 is 2.05 bits per heavy atom. The number of hydrogen-bond acceptors (Lipinski definition) is 7. The van der Waals surface area contributed by atoms with E-state index in [0.29, 0.717) is 23.9 Å². The second-order valence-corrected chi connectivity index (χ2v) is 5.06. The SMILES string of the molecule is COCCn1nnnc1SCC(=O)c1ccc(OC)cc1. The van der Waals surface area contributed by atoms with E-state index >= 15 is 0 Å². The lowest BCUT2D eigenvalue weighted by atomic mass is 10.1. The van der Waals surface area contributed by atoms with E-state index in [1.807, 2.05) is 0 Å². The van der Waals surface area contributed by atoms with Gasteiger partial charge in [-0.2, -0.15) is 0 Å². The molecule has 0 amide bonds. The van der Waals surface area contributed by atoms with Gasteiger partial charge in [0.1, 0.15) is 5.75 Å². The van der Waals surface area contributed by atoms with E-state index in [-0.39, 0.29) is 11.5 Å². The van der Waals surface area contributed by atoms with Gasteiger partial charge < -0.3 is 9.47 Å². The van der Waals surface area contributed by atoms with Gasteiger partial charge in [-0.15, -0.1) is 5.10 Å². The predicted octanol–water partition coefficient (Wildman–Crippen LogP) is 1.30. The van der Waals surface area contributed by atoms with Crippen molar-refractivity contribution in [2.75, 3.05) is 26.6 Å². The zero-order valence-electron chi connectivity index (χ0n) is 11.9. The second-order valence-electron chi connectivity index (χ2n) is 4.12. The molecule has 0 radical (unpaired) electrons. The lowest BCUT2D eigenvalue weighted by Crippen LogP contribution is -2.09. The standard InChI is InChI=1S/C13H16N4O3S/c1-19-8-7-17-13(14-15-16-17)21-9-12(18)10-3-5-11(20-2)6-4-10/h3-6H,7-9H2,1-2H3. The van der Waals surface area contributed by atoms with Crippen molar-refractivity contribution < 1.29 is 14.3 Å². The lowest BCUT2D eigenvalue weighted by molar-refractivity contribution is 0.102. The van der Waals surface area contributed by atoms with Crippen LogP contribution < -0.4 is 4.74 Å². The van der Waals surface area contributed by atoms with Gasteiger partial charge in [-0.1, -0.05) is 11.8 Å². The van der Waals surface area contributed by atoms with Crippen LogP contribution in [-0.2, 0) is 11.3 Å². The number of ketones is 1. The van der Waals surface area contributed by atoms with Crippen molar-refractivity contribution in [2.24, 2.45) is 0 Å². The second kappa shape index (κ2) is 7.75. The molecule has 0 unspecified atom stereocenters. The summed E-state index contributed by atoms with van der Waals surface area (Å²) in [5, 5.41) is 12.0. The summed E-state index contributed by atoms with van der Waals surface area (Å²) in [6.45, 7) is 1.08. The Kier molecular flexibility index (Phi) is 5.70. The molecule has 8 heteroatoms. The normalized spacial score (nSPS) is 10.6. The third kappa shape index (κ3) is 4.27. The number of carbonyl (C=O) groups is 1. The van der Waals surface area contributed by atoms with E-state index in [1.54, 1.807) is 43.2 Å². The van der Waals surface area contributed by atoms with Crippen molar-refractivity contribution in [2.45, 2.75) is 11.7 Å². The van der Waals surface area contributed by atoms with E-state index < -0.39 is 0 Å². The molecule has 0 spiro atoms. The summed E-state index contributed by atoms with van der Waals surface area (Å²) in [4.78, 5) is 12.1. The van der Waals surface area contributed by atoms with E-state index in [1.165, 1.54) is 11.8 Å².